The lowest BCUT2D eigenvalue weighted by Gasteiger charge is -2.21. The van der Waals surface area contributed by atoms with Crippen LogP contribution in [0.5, 0.6) is 0 Å². The van der Waals surface area contributed by atoms with Crippen LogP contribution in [0.1, 0.15) is 16.8 Å². The maximum atomic E-state index is 12.3. The van der Waals surface area contributed by atoms with Crippen molar-refractivity contribution in [2.75, 3.05) is 31.5 Å². The summed E-state index contributed by atoms with van der Waals surface area (Å²) in [6, 6.07) is 2.88. The van der Waals surface area contributed by atoms with Crippen molar-refractivity contribution in [2.24, 2.45) is 0 Å². The number of halogens is 2. The number of benzene rings is 1. The van der Waals surface area contributed by atoms with Crippen LogP contribution in [-0.2, 0) is 0 Å². The molecule has 1 aliphatic heterocycles. The van der Waals surface area contributed by atoms with E-state index in [1.807, 2.05) is 0 Å². The van der Waals surface area contributed by atoms with E-state index in [9.17, 15) is 14.7 Å². The van der Waals surface area contributed by atoms with Gasteiger partial charge in [0.2, 0.25) is 0 Å². The number of amides is 2. The van der Waals surface area contributed by atoms with E-state index in [-0.39, 0.29) is 17.3 Å². The number of carboxylic acids is 1. The summed E-state index contributed by atoms with van der Waals surface area (Å²) < 4.78 is 1.15. The number of anilines is 1. The Morgan fingerprint density at radius 2 is 2.00 bits per heavy atom. The first kappa shape index (κ1) is 16.3. The predicted molar refractivity (Wildman–Crippen MR) is 86.9 cm³/mol. The fourth-order valence-corrected chi connectivity index (χ4v) is 3.43. The molecule has 0 saturated carbocycles. The van der Waals surface area contributed by atoms with Crippen molar-refractivity contribution in [1.29, 1.82) is 0 Å². The first-order valence-corrected chi connectivity index (χ1v) is 8.06. The molecule has 114 valence electrons. The van der Waals surface area contributed by atoms with E-state index in [1.54, 1.807) is 11.0 Å². The normalized spacial score (nSPS) is 15.4. The van der Waals surface area contributed by atoms with Crippen molar-refractivity contribution in [3.05, 3.63) is 26.6 Å². The summed E-state index contributed by atoms with van der Waals surface area (Å²) in [5, 5.41) is 15.2. The van der Waals surface area contributed by atoms with E-state index in [0.717, 1.165) is 19.5 Å². The van der Waals surface area contributed by atoms with Crippen molar-refractivity contribution in [2.45, 2.75) is 6.42 Å². The summed E-state index contributed by atoms with van der Waals surface area (Å²) >= 11 is 6.54. The van der Waals surface area contributed by atoms with Crippen molar-refractivity contribution < 1.29 is 14.7 Å². The minimum Gasteiger partial charge on any atom is -0.478 e. The summed E-state index contributed by atoms with van der Waals surface area (Å²) in [5.41, 5.74) is 0.311. The lowest BCUT2D eigenvalue weighted by molar-refractivity contribution is 0.0698. The quantitative estimate of drug-likeness (QED) is 0.687. The molecule has 0 spiro atoms. The summed E-state index contributed by atoms with van der Waals surface area (Å²) in [6.07, 6.45) is 0.876. The second kappa shape index (κ2) is 7.24. The summed E-state index contributed by atoms with van der Waals surface area (Å²) in [4.78, 5) is 25.3. The minimum absolute atomic E-state index is 0.0394. The van der Waals surface area contributed by atoms with Crippen LogP contribution in [0.4, 0.5) is 10.5 Å². The van der Waals surface area contributed by atoms with Crippen LogP contribution in [0.3, 0.4) is 0 Å². The van der Waals surface area contributed by atoms with Crippen LogP contribution in [0, 0.1) is 0 Å². The third-order valence-corrected chi connectivity index (χ3v) is 4.23. The molecule has 0 radical (unpaired) electrons. The van der Waals surface area contributed by atoms with Gasteiger partial charge in [0.15, 0.2) is 0 Å². The Balaban J connectivity index is 2.22. The largest absolute Gasteiger partial charge is 0.478 e. The highest BCUT2D eigenvalue weighted by Crippen LogP contribution is 2.31. The van der Waals surface area contributed by atoms with Gasteiger partial charge in [0.1, 0.15) is 0 Å². The van der Waals surface area contributed by atoms with Gasteiger partial charge in [-0.15, -0.1) is 0 Å². The third-order valence-electron chi connectivity index (χ3n) is 3.14. The monoisotopic (exact) mass is 419 g/mol. The molecule has 1 aromatic rings. The lowest BCUT2D eigenvalue weighted by Crippen LogP contribution is -2.37. The molecular formula is C13H15Br2N3O3. The number of hydrogen-bond donors (Lipinski definition) is 3. The molecule has 2 amide bonds. The van der Waals surface area contributed by atoms with E-state index in [2.05, 4.69) is 42.5 Å². The van der Waals surface area contributed by atoms with E-state index < -0.39 is 5.97 Å². The number of rotatable bonds is 2. The van der Waals surface area contributed by atoms with Gasteiger partial charge in [0.25, 0.3) is 0 Å². The molecule has 1 saturated heterocycles. The van der Waals surface area contributed by atoms with Crippen LogP contribution in [0.2, 0.25) is 0 Å². The smallest absolute Gasteiger partial charge is 0.337 e. The van der Waals surface area contributed by atoms with Crippen LogP contribution in [0.15, 0.2) is 21.1 Å². The number of carbonyl (C=O) groups is 2. The van der Waals surface area contributed by atoms with Crippen molar-refractivity contribution >= 4 is 49.5 Å². The molecule has 1 aliphatic rings. The molecule has 0 unspecified atom stereocenters. The Bertz CT molecular complexity index is 558. The Labute approximate surface area is 139 Å². The summed E-state index contributed by atoms with van der Waals surface area (Å²) in [5.74, 6) is -1.09. The van der Waals surface area contributed by atoms with Crippen LogP contribution >= 0.6 is 31.9 Å². The Morgan fingerprint density at radius 1 is 1.24 bits per heavy atom. The Hall–Kier alpha value is -1.12. The number of carboxylic acid groups (broad SMARTS) is 1. The van der Waals surface area contributed by atoms with Gasteiger partial charge in [-0.05, 0) is 41.0 Å². The molecule has 0 aromatic heterocycles. The molecule has 2 rings (SSSR count). The molecule has 8 heteroatoms. The molecule has 3 N–H and O–H groups in total. The highest BCUT2D eigenvalue weighted by molar-refractivity contribution is 9.11. The average molecular weight is 421 g/mol. The molecule has 21 heavy (non-hydrogen) atoms. The van der Waals surface area contributed by atoms with Crippen LogP contribution < -0.4 is 10.6 Å². The molecule has 0 bridgehead atoms. The number of hydrogen-bond acceptors (Lipinski definition) is 3. The van der Waals surface area contributed by atoms with Gasteiger partial charge in [-0.2, -0.15) is 0 Å². The van der Waals surface area contributed by atoms with E-state index in [4.69, 9.17) is 0 Å². The predicted octanol–water partition coefficient (Wildman–Crippen LogP) is 2.74. The van der Waals surface area contributed by atoms with Gasteiger partial charge in [-0.25, -0.2) is 9.59 Å². The van der Waals surface area contributed by atoms with Crippen molar-refractivity contribution in [3.63, 3.8) is 0 Å². The van der Waals surface area contributed by atoms with Gasteiger partial charge < -0.3 is 20.6 Å². The molecule has 1 heterocycles. The van der Waals surface area contributed by atoms with Crippen molar-refractivity contribution in [1.82, 2.24) is 10.2 Å². The summed E-state index contributed by atoms with van der Waals surface area (Å²) in [7, 11) is 0. The van der Waals surface area contributed by atoms with E-state index >= 15 is 0 Å². The van der Waals surface area contributed by atoms with Gasteiger partial charge in [0, 0.05) is 28.6 Å². The van der Waals surface area contributed by atoms with E-state index in [0.29, 0.717) is 22.0 Å². The molecule has 1 aromatic carbocycles. The second-order valence-electron chi connectivity index (χ2n) is 4.64. The number of carbonyl (C=O) groups excluding carboxylic acids is 1. The highest BCUT2D eigenvalue weighted by Gasteiger charge is 2.20. The zero-order chi connectivity index (χ0) is 15.4. The van der Waals surface area contributed by atoms with Crippen LogP contribution in [0.25, 0.3) is 0 Å². The SMILES string of the molecule is O=C(O)c1cc(Br)cc(Br)c1NC(=O)N1CCCNCC1. The third kappa shape index (κ3) is 4.18. The topological polar surface area (TPSA) is 81.7 Å². The zero-order valence-electron chi connectivity index (χ0n) is 11.2. The molecule has 0 aliphatic carbocycles. The number of nitrogens with zero attached hydrogens (tertiary/aromatic N) is 1. The maximum absolute atomic E-state index is 12.3. The summed E-state index contributed by atoms with van der Waals surface area (Å²) in [6.45, 7) is 2.87. The zero-order valence-corrected chi connectivity index (χ0v) is 14.3. The van der Waals surface area contributed by atoms with Gasteiger partial charge in [-0.1, -0.05) is 15.9 Å². The molecule has 6 nitrogen and oxygen atoms in total. The van der Waals surface area contributed by atoms with Gasteiger partial charge in [0.05, 0.1) is 11.3 Å². The molecule has 0 atom stereocenters. The number of urea groups is 1. The highest BCUT2D eigenvalue weighted by atomic mass is 79.9. The number of nitrogens with one attached hydrogen (secondary N) is 2. The first-order chi connectivity index (χ1) is 9.99. The standard InChI is InChI=1S/C13H15Br2N3O3/c14-8-6-9(12(19)20)11(10(15)7-8)17-13(21)18-4-1-2-16-3-5-18/h6-7,16H,1-5H2,(H,17,21)(H,19,20). The number of aromatic carboxylic acids is 1. The molecular weight excluding hydrogens is 406 g/mol. The van der Waals surface area contributed by atoms with Gasteiger partial charge in [-0.3, -0.25) is 0 Å². The van der Waals surface area contributed by atoms with Crippen molar-refractivity contribution in [3.8, 4) is 0 Å². The first-order valence-electron chi connectivity index (χ1n) is 6.48. The van der Waals surface area contributed by atoms with E-state index in [1.165, 1.54) is 6.07 Å². The van der Waals surface area contributed by atoms with Gasteiger partial charge >= 0.3 is 12.0 Å². The van der Waals surface area contributed by atoms with Crippen LogP contribution in [-0.4, -0.2) is 48.2 Å². The lowest BCUT2D eigenvalue weighted by atomic mass is 10.2. The Kier molecular flexibility index (Phi) is 5.60. The second-order valence-corrected chi connectivity index (χ2v) is 6.41. The fraction of sp³-hybridized carbons (Fsp3) is 0.385. The maximum Gasteiger partial charge on any atom is 0.337 e. The average Bonchev–Trinajstić information content (AvgIpc) is 2.70. The minimum atomic E-state index is -1.09. The molecule has 1 fully saturated rings. The fourth-order valence-electron chi connectivity index (χ4n) is 2.10. The Morgan fingerprint density at radius 3 is 2.71 bits per heavy atom.